The van der Waals surface area contributed by atoms with Crippen LogP contribution in [0.3, 0.4) is 0 Å². The largest absolute Gasteiger partial charge is 0.291 e. The molecule has 0 spiro atoms. The van der Waals surface area contributed by atoms with Gasteiger partial charge in [0.15, 0.2) is 0 Å². The highest BCUT2D eigenvalue weighted by molar-refractivity contribution is 4.96. The third kappa shape index (κ3) is 2.53. The van der Waals surface area contributed by atoms with Gasteiger partial charge < -0.3 is 0 Å². The minimum absolute atomic E-state index is 0.255. The van der Waals surface area contributed by atoms with Crippen LogP contribution >= 0.6 is 0 Å². The second kappa shape index (κ2) is 3.53. The van der Waals surface area contributed by atoms with Crippen LogP contribution in [0.25, 0.3) is 0 Å². The Bertz CT molecular complexity index is 110. The Morgan fingerprint density at radius 3 is 1.89 bits per heavy atom. The quantitative estimate of drug-likeness (QED) is 0.503. The molecule has 1 unspecified atom stereocenters. The number of nitrogens with zero attached hydrogens (tertiary/aromatic N) is 1. The molecule has 0 aliphatic rings. The monoisotopic (exact) mass is 125 g/mol. The normalized spacial score (nSPS) is 13.9. The van der Waals surface area contributed by atoms with Crippen LogP contribution in [0.5, 0.6) is 0 Å². The van der Waals surface area contributed by atoms with Gasteiger partial charge in [-0.25, -0.2) is 0 Å². The minimum Gasteiger partial charge on any atom is -0.291 e. The van der Waals surface area contributed by atoms with E-state index < -0.39 is 0 Å². The van der Waals surface area contributed by atoms with E-state index in [1.807, 2.05) is 14.0 Å². The van der Waals surface area contributed by atoms with Crippen molar-refractivity contribution in [2.45, 2.75) is 32.9 Å². The van der Waals surface area contributed by atoms with E-state index in [0.717, 1.165) is 0 Å². The van der Waals surface area contributed by atoms with Gasteiger partial charge in [-0.3, -0.25) is 4.90 Å². The van der Waals surface area contributed by atoms with Crippen molar-refractivity contribution in [3.8, 4) is 12.3 Å². The molecule has 0 radical (unpaired) electrons. The maximum atomic E-state index is 5.22. The van der Waals surface area contributed by atoms with Crippen LogP contribution < -0.4 is 0 Å². The highest BCUT2D eigenvalue weighted by atomic mass is 15.1. The molecule has 9 heavy (non-hydrogen) atoms. The smallest absolute Gasteiger partial charge is 0.0683 e. The van der Waals surface area contributed by atoms with Gasteiger partial charge in [0.2, 0.25) is 0 Å². The number of rotatable bonds is 2. The molecule has 0 N–H and O–H groups in total. The van der Waals surface area contributed by atoms with E-state index in [1.165, 1.54) is 0 Å². The minimum atomic E-state index is 0.255. The van der Waals surface area contributed by atoms with Crippen molar-refractivity contribution >= 4 is 0 Å². The first-order valence-electron chi connectivity index (χ1n) is 3.27. The summed E-state index contributed by atoms with van der Waals surface area (Å²) in [7, 11) is 2.04. The molecule has 0 heterocycles. The lowest BCUT2D eigenvalue weighted by atomic mass is 10.2. The Morgan fingerprint density at radius 1 is 1.33 bits per heavy atom. The summed E-state index contributed by atoms with van der Waals surface area (Å²) in [6.07, 6.45) is 5.22. The molecule has 0 fully saturated rings. The van der Waals surface area contributed by atoms with Gasteiger partial charge in [-0.05, 0) is 27.8 Å². The van der Waals surface area contributed by atoms with E-state index in [0.29, 0.717) is 6.04 Å². The molecule has 0 aromatic heterocycles. The zero-order chi connectivity index (χ0) is 7.44. The molecular weight excluding hydrogens is 110 g/mol. The Labute approximate surface area is 58.1 Å². The van der Waals surface area contributed by atoms with Gasteiger partial charge in [0, 0.05) is 6.04 Å². The summed E-state index contributed by atoms with van der Waals surface area (Å²) >= 11 is 0. The summed E-state index contributed by atoms with van der Waals surface area (Å²) in [6.45, 7) is 6.29. The number of hydrogen-bond donors (Lipinski definition) is 0. The van der Waals surface area contributed by atoms with Gasteiger partial charge in [0.25, 0.3) is 0 Å². The molecule has 0 amide bonds. The van der Waals surface area contributed by atoms with Gasteiger partial charge in [-0.2, -0.15) is 0 Å². The number of terminal acetylenes is 1. The van der Waals surface area contributed by atoms with Crippen molar-refractivity contribution < 1.29 is 0 Å². The molecular formula is C8H15N. The van der Waals surface area contributed by atoms with Gasteiger partial charge in [0.05, 0.1) is 6.04 Å². The third-order valence-corrected chi connectivity index (χ3v) is 1.67. The first-order chi connectivity index (χ1) is 4.09. The Kier molecular flexibility index (Phi) is 3.34. The number of hydrogen-bond acceptors (Lipinski definition) is 1. The summed E-state index contributed by atoms with van der Waals surface area (Å²) < 4.78 is 0. The first kappa shape index (κ1) is 8.52. The molecule has 0 aromatic carbocycles. The molecule has 0 saturated carbocycles. The molecule has 0 aromatic rings. The predicted molar refractivity (Wildman–Crippen MR) is 41.2 cm³/mol. The van der Waals surface area contributed by atoms with E-state index in [2.05, 4.69) is 24.7 Å². The lowest BCUT2D eigenvalue weighted by molar-refractivity contribution is 0.247. The summed E-state index contributed by atoms with van der Waals surface area (Å²) in [5.74, 6) is 2.67. The highest BCUT2D eigenvalue weighted by Crippen LogP contribution is 1.98. The summed E-state index contributed by atoms with van der Waals surface area (Å²) in [5.41, 5.74) is 0. The second-order valence-electron chi connectivity index (χ2n) is 2.60. The van der Waals surface area contributed by atoms with E-state index in [-0.39, 0.29) is 6.04 Å². The van der Waals surface area contributed by atoms with E-state index in [4.69, 9.17) is 6.42 Å². The zero-order valence-electron chi connectivity index (χ0n) is 6.68. The zero-order valence-corrected chi connectivity index (χ0v) is 6.68. The molecule has 0 aliphatic carbocycles. The summed E-state index contributed by atoms with van der Waals surface area (Å²) in [5, 5.41) is 0. The van der Waals surface area contributed by atoms with Gasteiger partial charge >= 0.3 is 0 Å². The standard InChI is InChI=1S/C8H15N/c1-6-8(4)9(5)7(2)3/h1,7-8H,2-5H3. The van der Waals surface area contributed by atoms with Crippen molar-refractivity contribution in [1.29, 1.82) is 0 Å². The van der Waals surface area contributed by atoms with Crippen molar-refractivity contribution in [2.75, 3.05) is 7.05 Å². The average molecular weight is 125 g/mol. The van der Waals surface area contributed by atoms with Gasteiger partial charge in [-0.15, -0.1) is 6.42 Å². The predicted octanol–water partition coefficient (Wildman–Crippen LogP) is 1.35. The molecule has 0 rings (SSSR count). The van der Waals surface area contributed by atoms with Crippen LogP contribution in [0.4, 0.5) is 0 Å². The first-order valence-corrected chi connectivity index (χ1v) is 3.27. The third-order valence-electron chi connectivity index (χ3n) is 1.67. The fraction of sp³-hybridized carbons (Fsp3) is 0.750. The van der Waals surface area contributed by atoms with Crippen molar-refractivity contribution in [3.05, 3.63) is 0 Å². The Hall–Kier alpha value is -0.480. The summed E-state index contributed by atoms with van der Waals surface area (Å²) in [4.78, 5) is 2.15. The molecule has 0 aliphatic heterocycles. The van der Waals surface area contributed by atoms with Crippen molar-refractivity contribution in [1.82, 2.24) is 4.90 Å². The van der Waals surface area contributed by atoms with Crippen molar-refractivity contribution in [2.24, 2.45) is 0 Å². The maximum Gasteiger partial charge on any atom is 0.0683 e. The fourth-order valence-electron chi connectivity index (χ4n) is 0.565. The van der Waals surface area contributed by atoms with Crippen LogP contribution in [-0.4, -0.2) is 24.0 Å². The van der Waals surface area contributed by atoms with Gasteiger partial charge in [0.1, 0.15) is 0 Å². The lowest BCUT2D eigenvalue weighted by Crippen LogP contribution is -2.33. The van der Waals surface area contributed by atoms with Crippen LogP contribution in [0.1, 0.15) is 20.8 Å². The van der Waals surface area contributed by atoms with Crippen LogP contribution in [-0.2, 0) is 0 Å². The molecule has 0 bridgehead atoms. The average Bonchev–Trinajstić information content (AvgIpc) is 1.84. The van der Waals surface area contributed by atoms with Crippen LogP contribution in [0.2, 0.25) is 0 Å². The van der Waals surface area contributed by atoms with Crippen LogP contribution in [0, 0.1) is 12.3 Å². The topological polar surface area (TPSA) is 3.24 Å². The Balaban J connectivity index is 3.76. The van der Waals surface area contributed by atoms with Gasteiger partial charge in [-0.1, -0.05) is 5.92 Å². The molecule has 1 nitrogen and oxygen atoms in total. The SMILES string of the molecule is C#CC(C)N(C)C(C)C. The van der Waals surface area contributed by atoms with E-state index in [1.54, 1.807) is 0 Å². The lowest BCUT2D eigenvalue weighted by Gasteiger charge is -2.24. The molecule has 1 atom stereocenters. The Morgan fingerprint density at radius 2 is 1.78 bits per heavy atom. The summed E-state index contributed by atoms with van der Waals surface area (Å²) in [6, 6.07) is 0.793. The van der Waals surface area contributed by atoms with E-state index >= 15 is 0 Å². The molecule has 0 saturated heterocycles. The van der Waals surface area contributed by atoms with E-state index in [9.17, 15) is 0 Å². The maximum absolute atomic E-state index is 5.22. The molecule has 52 valence electrons. The van der Waals surface area contributed by atoms with Crippen molar-refractivity contribution in [3.63, 3.8) is 0 Å². The fourth-order valence-corrected chi connectivity index (χ4v) is 0.565. The molecule has 1 heteroatoms. The highest BCUT2D eigenvalue weighted by Gasteiger charge is 2.07. The van der Waals surface area contributed by atoms with Crippen LogP contribution in [0.15, 0.2) is 0 Å². The second-order valence-corrected chi connectivity index (χ2v) is 2.60.